The monoisotopic (exact) mass is 361 g/mol. The lowest BCUT2D eigenvalue weighted by Gasteiger charge is -2.31. The van der Waals surface area contributed by atoms with Crippen molar-refractivity contribution in [1.29, 1.82) is 0 Å². The van der Waals surface area contributed by atoms with Crippen molar-refractivity contribution in [2.24, 2.45) is 0 Å². The average molecular weight is 362 g/mol. The summed E-state index contributed by atoms with van der Waals surface area (Å²) in [6.45, 7) is 5.27. The number of anilines is 1. The fourth-order valence-electron chi connectivity index (χ4n) is 1.97. The van der Waals surface area contributed by atoms with E-state index in [2.05, 4.69) is 27.5 Å². The lowest BCUT2D eigenvalue weighted by atomic mass is 10.2. The van der Waals surface area contributed by atoms with Gasteiger partial charge >= 0.3 is 6.18 Å². The number of pyridine rings is 1. The maximum atomic E-state index is 13.0. The van der Waals surface area contributed by atoms with Crippen molar-refractivity contribution < 1.29 is 18.0 Å². The SMILES string of the molecule is C=C1C(Br)=C(C)C(=O)N1N(C)c1ncccc1C(F)(F)F. The van der Waals surface area contributed by atoms with E-state index in [9.17, 15) is 18.0 Å². The van der Waals surface area contributed by atoms with Crippen LogP contribution in [0.25, 0.3) is 0 Å². The van der Waals surface area contributed by atoms with Crippen molar-refractivity contribution in [3.05, 3.63) is 46.2 Å². The van der Waals surface area contributed by atoms with Crippen molar-refractivity contribution in [3.8, 4) is 0 Å². The van der Waals surface area contributed by atoms with E-state index in [-0.39, 0.29) is 11.5 Å². The highest BCUT2D eigenvalue weighted by Gasteiger charge is 2.39. The van der Waals surface area contributed by atoms with Gasteiger partial charge in [-0.2, -0.15) is 13.2 Å². The van der Waals surface area contributed by atoms with Gasteiger partial charge in [-0.25, -0.2) is 9.99 Å². The number of aromatic nitrogens is 1. The molecular weight excluding hydrogens is 351 g/mol. The number of carbonyl (C=O) groups is 1. The van der Waals surface area contributed by atoms with E-state index < -0.39 is 17.6 Å². The number of hydrazine groups is 1. The zero-order valence-corrected chi connectivity index (χ0v) is 12.8. The van der Waals surface area contributed by atoms with E-state index in [0.717, 1.165) is 16.1 Å². The van der Waals surface area contributed by atoms with Crippen LogP contribution in [0.2, 0.25) is 0 Å². The molecule has 0 saturated carbocycles. The van der Waals surface area contributed by atoms with Gasteiger partial charge in [0.25, 0.3) is 5.91 Å². The van der Waals surface area contributed by atoms with Gasteiger partial charge in [0, 0.05) is 18.8 Å². The molecule has 2 rings (SSSR count). The van der Waals surface area contributed by atoms with Gasteiger partial charge in [0.2, 0.25) is 0 Å². The minimum Gasteiger partial charge on any atom is -0.267 e. The quantitative estimate of drug-likeness (QED) is 0.809. The second-order valence-electron chi connectivity index (χ2n) is 4.40. The molecule has 0 aromatic carbocycles. The Kier molecular flexibility index (Phi) is 3.83. The number of rotatable bonds is 2. The Morgan fingerprint density at radius 2 is 2.05 bits per heavy atom. The Morgan fingerprint density at radius 1 is 1.43 bits per heavy atom. The molecule has 1 aliphatic rings. The molecule has 8 heteroatoms. The molecule has 2 heterocycles. The van der Waals surface area contributed by atoms with Gasteiger partial charge in [-0.3, -0.25) is 9.80 Å². The lowest BCUT2D eigenvalue weighted by Crippen LogP contribution is -2.42. The van der Waals surface area contributed by atoms with Gasteiger partial charge in [-0.15, -0.1) is 0 Å². The van der Waals surface area contributed by atoms with E-state index in [0.29, 0.717) is 10.1 Å². The molecule has 1 aromatic rings. The molecule has 1 amide bonds. The second kappa shape index (κ2) is 5.18. The molecule has 21 heavy (non-hydrogen) atoms. The van der Waals surface area contributed by atoms with Gasteiger partial charge in [-0.1, -0.05) is 6.58 Å². The summed E-state index contributed by atoms with van der Waals surface area (Å²) in [6.07, 6.45) is -3.33. The van der Waals surface area contributed by atoms with Crippen LogP contribution in [-0.2, 0) is 11.0 Å². The van der Waals surface area contributed by atoms with Crippen LogP contribution in [0.3, 0.4) is 0 Å². The van der Waals surface area contributed by atoms with Crippen LogP contribution in [0.5, 0.6) is 0 Å². The number of nitrogens with zero attached hydrogens (tertiary/aromatic N) is 3. The summed E-state index contributed by atoms with van der Waals surface area (Å²) in [4.78, 5) is 15.9. The molecule has 0 unspecified atom stereocenters. The van der Waals surface area contributed by atoms with E-state index in [4.69, 9.17) is 0 Å². The third kappa shape index (κ3) is 2.55. The molecule has 0 radical (unpaired) electrons. The smallest absolute Gasteiger partial charge is 0.267 e. The van der Waals surface area contributed by atoms with Crippen LogP contribution in [0.15, 0.2) is 40.7 Å². The van der Waals surface area contributed by atoms with Crippen LogP contribution >= 0.6 is 15.9 Å². The van der Waals surface area contributed by atoms with E-state index >= 15 is 0 Å². The van der Waals surface area contributed by atoms with Crippen molar-refractivity contribution in [2.45, 2.75) is 13.1 Å². The highest BCUT2D eigenvalue weighted by Crippen LogP contribution is 2.38. The number of carbonyl (C=O) groups excluding carboxylic acids is 1. The highest BCUT2D eigenvalue weighted by molar-refractivity contribution is 9.12. The van der Waals surface area contributed by atoms with Crippen molar-refractivity contribution in [1.82, 2.24) is 9.99 Å². The van der Waals surface area contributed by atoms with Crippen molar-refractivity contribution in [3.63, 3.8) is 0 Å². The largest absolute Gasteiger partial charge is 0.420 e. The molecular formula is C13H11BrF3N3O. The Bertz CT molecular complexity index is 630. The maximum Gasteiger partial charge on any atom is 0.420 e. The summed E-state index contributed by atoms with van der Waals surface area (Å²) in [5.74, 6) is -0.817. The first-order valence-electron chi connectivity index (χ1n) is 5.82. The molecule has 1 aliphatic heterocycles. The number of halogens is 4. The minimum absolute atomic E-state index is 0.263. The zero-order valence-electron chi connectivity index (χ0n) is 11.2. The molecule has 0 fully saturated rings. The van der Waals surface area contributed by atoms with E-state index in [1.165, 1.54) is 19.3 Å². The predicted octanol–water partition coefficient (Wildman–Crippen LogP) is 3.48. The predicted molar refractivity (Wildman–Crippen MR) is 75.3 cm³/mol. The number of hydrogen-bond acceptors (Lipinski definition) is 3. The molecule has 0 N–H and O–H groups in total. The molecule has 0 atom stereocenters. The fourth-order valence-corrected chi connectivity index (χ4v) is 2.31. The third-order valence-electron chi connectivity index (χ3n) is 3.05. The minimum atomic E-state index is -4.57. The fraction of sp³-hybridized carbons (Fsp3) is 0.231. The zero-order chi connectivity index (χ0) is 15.9. The molecule has 0 spiro atoms. The maximum absolute atomic E-state index is 13.0. The van der Waals surface area contributed by atoms with Crippen LogP contribution in [-0.4, -0.2) is 22.9 Å². The first-order chi connectivity index (χ1) is 9.66. The molecule has 1 aromatic heterocycles. The highest BCUT2D eigenvalue weighted by atomic mass is 79.9. The molecule has 4 nitrogen and oxygen atoms in total. The summed E-state index contributed by atoms with van der Waals surface area (Å²) < 4.78 is 39.6. The van der Waals surface area contributed by atoms with Gasteiger partial charge in [0.15, 0.2) is 5.82 Å². The van der Waals surface area contributed by atoms with Crippen LogP contribution in [0.4, 0.5) is 19.0 Å². The van der Waals surface area contributed by atoms with Gasteiger partial charge in [-0.05, 0) is 35.0 Å². The Hall–Kier alpha value is -1.83. The standard InChI is InChI=1S/C13H11BrF3N3O/c1-7-10(14)8(2)20(12(7)21)19(3)11-9(13(15,16)17)5-4-6-18-11/h4-6H,2H2,1,3H3. The number of allylic oxidation sites excluding steroid dienone is 1. The van der Waals surface area contributed by atoms with Gasteiger partial charge in [0.05, 0.1) is 15.7 Å². The summed E-state index contributed by atoms with van der Waals surface area (Å²) in [5.41, 5.74) is -0.288. The first kappa shape index (κ1) is 15.6. The summed E-state index contributed by atoms with van der Waals surface area (Å²) in [6, 6.07) is 2.11. The van der Waals surface area contributed by atoms with Crippen molar-refractivity contribution in [2.75, 3.05) is 12.1 Å². The number of amides is 1. The van der Waals surface area contributed by atoms with Crippen LogP contribution in [0.1, 0.15) is 12.5 Å². The second-order valence-corrected chi connectivity index (χ2v) is 5.19. The van der Waals surface area contributed by atoms with Gasteiger partial charge in [0.1, 0.15) is 0 Å². The number of hydrogen-bond donors (Lipinski definition) is 0. The Labute approximate surface area is 127 Å². The first-order valence-corrected chi connectivity index (χ1v) is 6.61. The van der Waals surface area contributed by atoms with Crippen LogP contribution in [0, 0.1) is 0 Å². The summed E-state index contributed by atoms with van der Waals surface area (Å²) in [5, 5.41) is 2.10. The third-order valence-corrected chi connectivity index (χ3v) is 4.10. The molecule has 0 aliphatic carbocycles. The molecule has 112 valence electrons. The van der Waals surface area contributed by atoms with Crippen molar-refractivity contribution >= 4 is 27.7 Å². The van der Waals surface area contributed by atoms with Gasteiger partial charge < -0.3 is 0 Å². The average Bonchev–Trinajstić information content (AvgIpc) is 2.61. The molecule has 0 bridgehead atoms. The Morgan fingerprint density at radius 3 is 2.52 bits per heavy atom. The van der Waals surface area contributed by atoms with E-state index in [1.54, 1.807) is 6.92 Å². The lowest BCUT2D eigenvalue weighted by molar-refractivity contribution is -0.138. The normalized spacial score (nSPS) is 16.0. The number of alkyl halides is 3. The topological polar surface area (TPSA) is 36.4 Å². The summed E-state index contributed by atoms with van der Waals surface area (Å²) in [7, 11) is 1.33. The Balaban J connectivity index is 2.46. The van der Waals surface area contributed by atoms with E-state index in [1.807, 2.05) is 0 Å². The summed E-state index contributed by atoms with van der Waals surface area (Å²) >= 11 is 3.20. The van der Waals surface area contributed by atoms with Crippen LogP contribution < -0.4 is 5.01 Å². The molecule has 0 saturated heterocycles.